The Morgan fingerprint density at radius 2 is 1.64 bits per heavy atom. The number of hydrogen-bond acceptors (Lipinski definition) is 1. The second-order valence-electron chi connectivity index (χ2n) is 9.86. The molecule has 0 aliphatic heterocycles. The van der Waals surface area contributed by atoms with Crippen molar-refractivity contribution in [3.63, 3.8) is 0 Å². The van der Waals surface area contributed by atoms with Crippen LogP contribution in [0.3, 0.4) is 0 Å². The van der Waals surface area contributed by atoms with Crippen LogP contribution in [0.4, 0.5) is 0 Å². The highest BCUT2D eigenvalue weighted by Crippen LogP contribution is 2.70. The van der Waals surface area contributed by atoms with Crippen molar-refractivity contribution in [1.29, 1.82) is 5.26 Å². The molecule has 0 aromatic carbocycles. The molecule has 4 aliphatic carbocycles. The minimum absolute atomic E-state index is 0.0159. The van der Waals surface area contributed by atoms with Crippen molar-refractivity contribution in [3.05, 3.63) is 0 Å². The van der Waals surface area contributed by atoms with Crippen LogP contribution in [-0.2, 0) is 0 Å². The summed E-state index contributed by atoms with van der Waals surface area (Å²) in [6, 6.07) is 2.87. The van der Waals surface area contributed by atoms with Gasteiger partial charge in [0.05, 0.1) is 11.5 Å². The summed E-state index contributed by atoms with van der Waals surface area (Å²) in [7, 11) is 0. The first kappa shape index (κ1) is 15.0. The molecule has 1 heteroatoms. The maximum absolute atomic E-state index is 10.1. The fourth-order valence-electron chi connectivity index (χ4n) is 7.99. The molecular weight excluding hydrogens is 266 g/mol. The highest BCUT2D eigenvalue weighted by atomic mass is 14.7. The van der Waals surface area contributed by atoms with E-state index in [4.69, 9.17) is 0 Å². The van der Waals surface area contributed by atoms with Crippen LogP contribution < -0.4 is 0 Å². The standard InChI is InChI=1S/C21H33N/c1-15-6-11-19(2)12-8-17-16(18(15)19)7-13-21(14-22)10-5-4-9-20(17,21)3/h15-18H,4-13H2,1-3H3/t15-,16+,17+,18-,19-,20+,21+/m0/s1. The molecule has 0 aromatic heterocycles. The van der Waals surface area contributed by atoms with Crippen LogP contribution >= 0.6 is 0 Å². The van der Waals surface area contributed by atoms with Gasteiger partial charge < -0.3 is 0 Å². The van der Waals surface area contributed by atoms with Crippen LogP contribution in [0.2, 0.25) is 0 Å². The Balaban J connectivity index is 1.73. The summed E-state index contributed by atoms with van der Waals surface area (Å²) in [4.78, 5) is 0. The van der Waals surface area contributed by atoms with Gasteiger partial charge in [0.2, 0.25) is 0 Å². The molecule has 0 aromatic rings. The summed E-state index contributed by atoms with van der Waals surface area (Å²) in [5.41, 5.74) is 0.951. The molecular formula is C21H33N. The minimum atomic E-state index is 0.0159. The third-order valence-electron chi connectivity index (χ3n) is 9.17. The molecule has 0 saturated heterocycles. The Hall–Kier alpha value is -0.510. The van der Waals surface area contributed by atoms with E-state index in [0.717, 1.165) is 23.7 Å². The van der Waals surface area contributed by atoms with E-state index in [1.165, 1.54) is 64.2 Å². The Morgan fingerprint density at radius 1 is 0.909 bits per heavy atom. The second kappa shape index (κ2) is 4.75. The van der Waals surface area contributed by atoms with E-state index >= 15 is 0 Å². The van der Waals surface area contributed by atoms with E-state index in [0.29, 0.717) is 10.8 Å². The Labute approximate surface area is 136 Å². The third-order valence-corrected chi connectivity index (χ3v) is 9.17. The van der Waals surface area contributed by atoms with Crippen LogP contribution in [0.1, 0.15) is 85.0 Å². The van der Waals surface area contributed by atoms with Crippen molar-refractivity contribution in [2.45, 2.75) is 85.0 Å². The molecule has 4 fully saturated rings. The molecule has 7 atom stereocenters. The predicted molar refractivity (Wildman–Crippen MR) is 90.1 cm³/mol. The molecule has 4 rings (SSSR count). The quantitative estimate of drug-likeness (QED) is 0.542. The van der Waals surface area contributed by atoms with Gasteiger partial charge in [-0.15, -0.1) is 0 Å². The van der Waals surface area contributed by atoms with Gasteiger partial charge in [0.1, 0.15) is 0 Å². The van der Waals surface area contributed by atoms with Crippen LogP contribution in [0, 0.1) is 51.2 Å². The minimum Gasteiger partial charge on any atom is -0.198 e. The number of nitriles is 1. The zero-order valence-electron chi connectivity index (χ0n) is 14.8. The van der Waals surface area contributed by atoms with Gasteiger partial charge in [0.25, 0.3) is 0 Å². The average Bonchev–Trinajstić information content (AvgIpc) is 2.82. The van der Waals surface area contributed by atoms with Gasteiger partial charge in [0.15, 0.2) is 0 Å². The van der Waals surface area contributed by atoms with Crippen LogP contribution in [-0.4, -0.2) is 0 Å². The molecule has 0 spiro atoms. The lowest BCUT2D eigenvalue weighted by atomic mass is 9.40. The molecule has 0 bridgehead atoms. The first-order chi connectivity index (χ1) is 10.5. The van der Waals surface area contributed by atoms with Crippen LogP contribution in [0.25, 0.3) is 0 Å². The molecule has 0 unspecified atom stereocenters. The number of nitrogens with zero attached hydrogens (tertiary/aromatic N) is 1. The highest BCUT2D eigenvalue weighted by molar-refractivity contribution is 5.18. The number of hydrogen-bond donors (Lipinski definition) is 0. The summed E-state index contributed by atoms with van der Waals surface area (Å²) >= 11 is 0. The molecule has 0 N–H and O–H groups in total. The smallest absolute Gasteiger partial charge is 0.0695 e. The van der Waals surface area contributed by atoms with Gasteiger partial charge in [-0.25, -0.2) is 0 Å². The third kappa shape index (κ3) is 1.71. The van der Waals surface area contributed by atoms with Crippen molar-refractivity contribution in [2.75, 3.05) is 0 Å². The first-order valence-electron chi connectivity index (χ1n) is 9.87. The van der Waals surface area contributed by atoms with Gasteiger partial charge in [-0.3, -0.25) is 0 Å². The Morgan fingerprint density at radius 3 is 2.41 bits per heavy atom. The summed E-state index contributed by atoms with van der Waals surface area (Å²) < 4.78 is 0. The van der Waals surface area contributed by atoms with E-state index < -0.39 is 0 Å². The van der Waals surface area contributed by atoms with Gasteiger partial charge >= 0.3 is 0 Å². The molecule has 0 radical (unpaired) electrons. The number of fused-ring (bicyclic) bond motifs is 5. The largest absolute Gasteiger partial charge is 0.198 e. The average molecular weight is 300 g/mol. The van der Waals surface area contributed by atoms with Gasteiger partial charge in [0, 0.05) is 0 Å². The monoisotopic (exact) mass is 299 g/mol. The van der Waals surface area contributed by atoms with E-state index in [2.05, 4.69) is 26.8 Å². The molecule has 4 aliphatic rings. The predicted octanol–water partition coefficient (Wildman–Crippen LogP) is 5.95. The van der Waals surface area contributed by atoms with E-state index in [9.17, 15) is 5.26 Å². The van der Waals surface area contributed by atoms with Crippen LogP contribution in [0.15, 0.2) is 0 Å². The molecule has 4 saturated carbocycles. The maximum Gasteiger partial charge on any atom is 0.0695 e. The summed E-state index contributed by atoms with van der Waals surface area (Å²) in [6.45, 7) is 7.63. The SMILES string of the molecule is C[C@H]1CC[C@@]2(C)CC[C@@H]3[C@@H](CC[C@@]4(C#N)CCCC[C@]34C)[C@H]12. The molecule has 22 heavy (non-hydrogen) atoms. The zero-order valence-corrected chi connectivity index (χ0v) is 14.8. The zero-order chi connectivity index (χ0) is 15.6. The maximum atomic E-state index is 10.1. The normalized spacial score (nSPS) is 57.4. The van der Waals surface area contributed by atoms with Crippen molar-refractivity contribution in [1.82, 2.24) is 0 Å². The number of rotatable bonds is 0. The lowest BCUT2D eigenvalue weighted by Gasteiger charge is -2.63. The van der Waals surface area contributed by atoms with Crippen molar-refractivity contribution in [3.8, 4) is 6.07 Å². The molecule has 1 nitrogen and oxygen atoms in total. The molecule has 0 amide bonds. The van der Waals surface area contributed by atoms with Crippen molar-refractivity contribution in [2.24, 2.45) is 39.9 Å². The topological polar surface area (TPSA) is 23.8 Å². The van der Waals surface area contributed by atoms with Crippen molar-refractivity contribution < 1.29 is 0 Å². The summed E-state index contributed by atoms with van der Waals surface area (Å²) in [6.07, 6.45) is 13.4. The van der Waals surface area contributed by atoms with Crippen molar-refractivity contribution >= 4 is 0 Å². The fourth-order valence-corrected chi connectivity index (χ4v) is 7.99. The van der Waals surface area contributed by atoms with Gasteiger partial charge in [-0.1, -0.05) is 33.6 Å². The van der Waals surface area contributed by atoms with Crippen LogP contribution in [0.5, 0.6) is 0 Å². The Bertz CT molecular complexity index is 505. The Kier molecular flexibility index (Phi) is 3.25. The molecule has 122 valence electrons. The van der Waals surface area contributed by atoms with E-state index in [1.807, 2.05) is 0 Å². The first-order valence-corrected chi connectivity index (χ1v) is 9.87. The molecule has 0 heterocycles. The lowest BCUT2D eigenvalue weighted by Crippen LogP contribution is -2.57. The summed E-state index contributed by atoms with van der Waals surface area (Å²) in [5, 5.41) is 10.1. The summed E-state index contributed by atoms with van der Waals surface area (Å²) in [5.74, 6) is 3.61. The highest BCUT2D eigenvalue weighted by Gasteiger charge is 2.63. The van der Waals surface area contributed by atoms with Gasteiger partial charge in [-0.2, -0.15) is 5.26 Å². The van der Waals surface area contributed by atoms with Gasteiger partial charge in [-0.05, 0) is 85.9 Å². The fraction of sp³-hybridized carbons (Fsp3) is 0.952. The van der Waals surface area contributed by atoms with E-state index in [-0.39, 0.29) is 5.41 Å². The van der Waals surface area contributed by atoms with E-state index in [1.54, 1.807) is 0 Å². The second-order valence-corrected chi connectivity index (χ2v) is 9.86. The lowest BCUT2D eigenvalue weighted by molar-refractivity contribution is -0.137.